The van der Waals surface area contributed by atoms with Crippen molar-refractivity contribution in [2.24, 2.45) is 11.1 Å². The Morgan fingerprint density at radius 2 is 2.27 bits per heavy atom. The Hall–Kier alpha value is -0.150. The summed E-state index contributed by atoms with van der Waals surface area (Å²) in [5, 5.41) is 11.4. The van der Waals surface area contributed by atoms with Crippen molar-refractivity contribution in [3.8, 4) is 0 Å². The number of aliphatic hydroxyl groups excluding tert-OH is 1. The molecule has 0 rings (SSSR count). The molecule has 0 aromatic carbocycles. The summed E-state index contributed by atoms with van der Waals surface area (Å²) in [4.78, 5) is 10.2. The minimum Gasteiger partial charge on any atom is -0.396 e. The highest BCUT2D eigenvalue weighted by atomic mass is 35.5. The topological polar surface area (TPSA) is 49.7 Å². The van der Waals surface area contributed by atoms with E-state index in [4.69, 9.17) is 16.7 Å². The number of aliphatic hydroxyl groups is 1. The van der Waals surface area contributed by atoms with Crippen molar-refractivity contribution in [1.82, 2.24) is 0 Å². The van der Waals surface area contributed by atoms with E-state index in [1.165, 1.54) is 0 Å². The molecule has 0 aromatic heterocycles. The summed E-state index contributed by atoms with van der Waals surface area (Å²) in [5.41, 5.74) is 0. The Morgan fingerprint density at radius 3 is 2.64 bits per heavy atom. The van der Waals surface area contributed by atoms with Crippen LogP contribution in [0, 0.1) is 10.8 Å². The molecule has 0 radical (unpaired) electrons. The van der Waals surface area contributed by atoms with Crippen molar-refractivity contribution in [3.05, 3.63) is 4.91 Å². The maximum Gasteiger partial charge on any atom is 0.0957 e. The van der Waals surface area contributed by atoms with Gasteiger partial charge in [-0.25, -0.2) is 0 Å². The first-order chi connectivity index (χ1) is 5.26. The number of alkyl halides is 1. The van der Waals surface area contributed by atoms with Gasteiger partial charge in [-0.1, -0.05) is 12.1 Å². The highest BCUT2D eigenvalue weighted by Gasteiger charge is 2.15. The van der Waals surface area contributed by atoms with Crippen molar-refractivity contribution in [2.75, 3.05) is 12.5 Å². The molecule has 11 heavy (non-hydrogen) atoms. The van der Waals surface area contributed by atoms with Gasteiger partial charge in [-0.2, -0.15) is 4.91 Å². The lowest BCUT2D eigenvalue weighted by atomic mass is 10.0. The number of hydrogen-bond donors (Lipinski definition) is 1. The van der Waals surface area contributed by atoms with Gasteiger partial charge >= 0.3 is 0 Å². The summed E-state index contributed by atoms with van der Waals surface area (Å²) < 4.78 is 0. The van der Waals surface area contributed by atoms with E-state index in [1.807, 2.05) is 6.92 Å². The molecule has 4 heteroatoms. The van der Waals surface area contributed by atoms with Crippen molar-refractivity contribution in [1.29, 1.82) is 0 Å². The predicted octanol–water partition coefficient (Wildman–Crippen LogP) is 1.77. The minimum atomic E-state index is -0.236. The van der Waals surface area contributed by atoms with E-state index < -0.39 is 0 Å². The average Bonchev–Trinajstić information content (AvgIpc) is 2.05. The van der Waals surface area contributed by atoms with Crippen LogP contribution in [0.25, 0.3) is 0 Å². The van der Waals surface area contributed by atoms with Crippen molar-refractivity contribution in [2.45, 2.75) is 25.8 Å². The molecule has 3 nitrogen and oxygen atoms in total. The highest BCUT2D eigenvalue weighted by molar-refractivity contribution is 6.18. The van der Waals surface area contributed by atoms with E-state index in [0.29, 0.717) is 18.7 Å². The lowest BCUT2D eigenvalue weighted by Gasteiger charge is -2.13. The van der Waals surface area contributed by atoms with Crippen LogP contribution in [0.3, 0.4) is 0 Å². The van der Waals surface area contributed by atoms with Gasteiger partial charge in [0.25, 0.3) is 0 Å². The maximum absolute atomic E-state index is 10.2. The fourth-order valence-electron chi connectivity index (χ4n) is 0.844. The Kier molecular flexibility index (Phi) is 6.46. The van der Waals surface area contributed by atoms with Crippen LogP contribution in [-0.2, 0) is 0 Å². The van der Waals surface area contributed by atoms with Gasteiger partial charge in [-0.05, 0) is 18.8 Å². The van der Waals surface area contributed by atoms with Crippen LogP contribution in [0.1, 0.15) is 19.8 Å². The lowest BCUT2D eigenvalue weighted by molar-refractivity contribution is 0.273. The molecule has 0 aliphatic heterocycles. The fraction of sp³-hybridized carbons (Fsp3) is 1.00. The SMILES string of the molecule is CC(CCl)C(CCCO)N=O. The van der Waals surface area contributed by atoms with Crippen LogP contribution < -0.4 is 0 Å². The standard InChI is InChI=1S/C7H14ClNO2/c1-6(5-8)7(9-11)3-2-4-10/h6-7,10H,2-5H2,1H3. The molecule has 0 fully saturated rings. The maximum atomic E-state index is 10.2. The van der Waals surface area contributed by atoms with Gasteiger partial charge in [0.1, 0.15) is 0 Å². The minimum absolute atomic E-state index is 0.112. The molecule has 0 saturated heterocycles. The molecule has 0 aliphatic carbocycles. The van der Waals surface area contributed by atoms with E-state index in [2.05, 4.69) is 5.18 Å². The summed E-state index contributed by atoms with van der Waals surface area (Å²) in [6, 6.07) is -0.236. The Balaban J connectivity index is 3.65. The Labute approximate surface area is 71.7 Å². The smallest absolute Gasteiger partial charge is 0.0957 e. The molecule has 0 amide bonds. The van der Waals surface area contributed by atoms with Crippen molar-refractivity contribution < 1.29 is 5.11 Å². The van der Waals surface area contributed by atoms with Gasteiger partial charge in [0, 0.05) is 12.5 Å². The summed E-state index contributed by atoms with van der Waals surface area (Å²) in [6.07, 6.45) is 1.26. The number of halogens is 1. The third-order valence-corrected chi connectivity index (χ3v) is 2.18. The molecule has 0 aromatic rings. The molecular weight excluding hydrogens is 166 g/mol. The van der Waals surface area contributed by atoms with Gasteiger partial charge in [0.15, 0.2) is 0 Å². The van der Waals surface area contributed by atoms with E-state index in [9.17, 15) is 4.91 Å². The molecule has 0 spiro atoms. The molecule has 0 heterocycles. The van der Waals surface area contributed by atoms with E-state index >= 15 is 0 Å². The second-order valence-electron chi connectivity index (χ2n) is 2.67. The normalized spacial score (nSPS) is 15.9. The Morgan fingerprint density at radius 1 is 1.64 bits per heavy atom. The first-order valence-corrected chi connectivity index (χ1v) is 4.29. The molecule has 0 aliphatic rings. The zero-order valence-electron chi connectivity index (χ0n) is 6.66. The largest absolute Gasteiger partial charge is 0.396 e. The third kappa shape index (κ3) is 4.32. The fourth-order valence-corrected chi connectivity index (χ4v) is 1.05. The van der Waals surface area contributed by atoms with Crippen LogP contribution >= 0.6 is 11.6 Å². The van der Waals surface area contributed by atoms with E-state index in [1.54, 1.807) is 0 Å². The van der Waals surface area contributed by atoms with Gasteiger partial charge in [0.05, 0.1) is 6.04 Å². The van der Waals surface area contributed by atoms with Crippen molar-refractivity contribution >= 4 is 11.6 Å². The third-order valence-electron chi connectivity index (χ3n) is 1.69. The summed E-state index contributed by atoms with van der Waals surface area (Å²) in [5.74, 6) is 0.558. The van der Waals surface area contributed by atoms with E-state index in [0.717, 1.165) is 0 Å². The molecule has 0 saturated carbocycles. The number of nitrogens with zero attached hydrogens (tertiary/aromatic N) is 1. The molecule has 66 valence electrons. The summed E-state index contributed by atoms with van der Waals surface area (Å²) in [7, 11) is 0. The molecule has 0 bridgehead atoms. The van der Waals surface area contributed by atoms with Gasteiger partial charge in [-0.15, -0.1) is 11.6 Å². The summed E-state index contributed by atoms with van der Waals surface area (Å²) >= 11 is 5.54. The van der Waals surface area contributed by atoms with Crippen LogP contribution in [0.5, 0.6) is 0 Å². The quantitative estimate of drug-likeness (QED) is 0.499. The first-order valence-electron chi connectivity index (χ1n) is 3.75. The zero-order valence-corrected chi connectivity index (χ0v) is 7.42. The molecule has 2 atom stereocenters. The second-order valence-corrected chi connectivity index (χ2v) is 2.98. The molecular formula is C7H14ClNO2. The number of rotatable bonds is 6. The van der Waals surface area contributed by atoms with Crippen LogP contribution in [-0.4, -0.2) is 23.6 Å². The van der Waals surface area contributed by atoms with Crippen LogP contribution in [0.15, 0.2) is 5.18 Å². The number of hydrogen-bond acceptors (Lipinski definition) is 3. The van der Waals surface area contributed by atoms with Crippen LogP contribution in [0.2, 0.25) is 0 Å². The van der Waals surface area contributed by atoms with Gasteiger partial charge in [-0.3, -0.25) is 0 Å². The average molecular weight is 180 g/mol. The van der Waals surface area contributed by atoms with Gasteiger partial charge in [0.2, 0.25) is 0 Å². The first kappa shape index (κ1) is 10.8. The lowest BCUT2D eigenvalue weighted by Crippen LogP contribution is -2.17. The monoisotopic (exact) mass is 179 g/mol. The molecule has 1 N–H and O–H groups in total. The second kappa shape index (κ2) is 6.55. The van der Waals surface area contributed by atoms with Gasteiger partial charge < -0.3 is 5.11 Å². The Bertz CT molecular complexity index is 111. The highest BCUT2D eigenvalue weighted by Crippen LogP contribution is 2.14. The summed E-state index contributed by atoms with van der Waals surface area (Å²) in [6.45, 7) is 2.00. The molecule has 2 unspecified atom stereocenters. The van der Waals surface area contributed by atoms with Crippen LogP contribution in [0.4, 0.5) is 0 Å². The number of nitroso groups, excluding NO2 is 1. The predicted molar refractivity (Wildman–Crippen MR) is 45.8 cm³/mol. The zero-order chi connectivity index (χ0) is 8.69. The van der Waals surface area contributed by atoms with E-state index in [-0.39, 0.29) is 18.6 Å². The van der Waals surface area contributed by atoms with Crippen molar-refractivity contribution in [3.63, 3.8) is 0 Å².